The quantitative estimate of drug-likeness (QED) is 0.420. The molecule has 200 valence electrons. The van der Waals surface area contributed by atoms with Gasteiger partial charge in [-0.3, -0.25) is 14.5 Å². The van der Waals surface area contributed by atoms with Crippen molar-refractivity contribution in [1.82, 2.24) is 10.6 Å². The van der Waals surface area contributed by atoms with Crippen molar-refractivity contribution in [2.24, 2.45) is 0 Å². The Balaban J connectivity index is 2.04. The summed E-state index contributed by atoms with van der Waals surface area (Å²) in [6.07, 6.45) is -7.36. The molecule has 0 radical (unpaired) electrons. The minimum Gasteiger partial charge on any atom is -0.438 e. The Morgan fingerprint density at radius 2 is 1.58 bits per heavy atom. The van der Waals surface area contributed by atoms with Crippen molar-refractivity contribution < 1.29 is 36.7 Å². The number of halogens is 4. The van der Waals surface area contributed by atoms with Crippen molar-refractivity contribution in [3.63, 3.8) is 0 Å². The SMILES string of the molecule is CNC(=O)[C@H](NC(=O)c1ccc(F)cc1C(F)(F)F)[C@H](OC(=O)N(C)c1ccccc1)c1ccccc1C. The zero-order valence-corrected chi connectivity index (χ0v) is 20.7. The van der Waals surface area contributed by atoms with E-state index in [0.717, 1.165) is 0 Å². The third-order valence-electron chi connectivity index (χ3n) is 5.79. The number of ether oxygens (including phenoxy) is 1. The molecule has 0 bridgehead atoms. The highest BCUT2D eigenvalue weighted by atomic mass is 19.4. The fourth-order valence-corrected chi connectivity index (χ4v) is 3.76. The van der Waals surface area contributed by atoms with Gasteiger partial charge < -0.3 is 15.4 Å². The van der Waals surface area contributed by atoms with Crippen LogP contribution >= 0.6 is 0 Å². The number of nitrogens with zero attached hydrogens (tertiary/aromatic N) is 1. The molecule has 0 aliphatic heterocycles. The Morgan fingerprint density at radius 3 is 2.18 bits per heavy atom. The molecular weight excluding hydrogens is 506 g/mol. The number of alkyl halides is 3. The van der Waals surface area contributed by atoms with E-state index < -0.39 is 53.2 Å². The van der Waals surface area contributed by atoms with E-state index >= 15 is 0 Å². The molecule has 0 aliphatic carbocycles. The predicted octanol–water partition coefficient (Wildman–Crippen LogP) is 5.01. The second-order valence-electron chi connectivity index (χ2n) is 8.31. The predicted molar refractivity (Wildman–Crippen MR) is 132 cm³/mol. The van der Waals surface area contributed by atoms with E-state index in [1.807, 2.05) is 0 Å². The Kier molecular flexibility index (Phi) is 8.72. The molecule has 3 amide bonds. The van der Waals surface area contributed by atoms with Gasteiger partial charge in [0.25, 0.3) is 5.91 Å². The number of benzene rings is 3. The molecule has 11 heteroatoms. The van der Waals surface area contributed by atoms with Crippen LogP contribution in [0.4, 0.5) is 28.0 Å². The van der Waals surface area contributed by atoms with Gasteiger partial charge in [0, 0.05) is 19.8 Å². The van der Waals surface area contributed by atoms with Crippen LogP contribution in [0, 0.1) is 12.7 Å². The zero-order chi connectivity index (χ0) is 28.0. The van der Waals surface area contributed by atoms with Gasteiger partial charge >= 0.3 is 12.3 Å². The van der Waals surface area contributed by atoms with E-state index in [1.165, 1.54) is 19.0 Å². The fraction of sp³-hybridized carbons (Fsp3) is 0.222. The van der Waals surface area contributed by atoms with Crippen molar-refractivity contribution in [2.45, 2.75) is 25.2 Å². The van der Waals surface area contributed by atoms with Crippen LogP contribution in [0.5, 0.6) is 0 Å². The second-order valence-corrected chi connectivity index (χ2v) is 8.31. The third kappa shape index (κ3) is 6.47. The molecule has 0 saturated heterocycles. The second kappa shape index (κ2) is 11.8. The number of amides is 3. The molecule has 3 aromatic carbocycles. The van der Waals surface area contributed by atoms with Crippen LogP contribution in [-0.2, 0) is 15.7 Å². The van der Waals surface area contributed by atoms with Gasteiger partial charge in [0.1, 0.15) is 11.9 Å². The number of carbonyl (C=O) groups excluding carboxylic acids is 3. The van der Waals surface area contributed by atoms with E-state index in [-0.39, 0.29) is 6.07 Å². The van der Waals surface area contributed by atoms with Crippen molar-refractivity contribution in [3.05, 3.63) is 101 Å². The maximum absolute atomic E-state index is 13.6. The highest BCUT2D eigenvalue weighted by molar-refractivity contribution is 5.99. The normalized spacial score (nSPS) is 12.7. The number of anilines is 1. The monoisotopic (exact) mass is 531 g/mol. The summed E-state index contributed by atoms with van der Waals surface area (Å²) >= 11 is 0. The number of hydrogen-bond acceptors (Lipinski definition) is 4. The summed E-state index contributed by atoms with van der Waals surface area (Å²) in [4.78, 5) is 40.3. The van der Waals surface area contributed by atoms with Gasteiger partial charge in [-0.15, -0.1) is 0 Å². The van der Waals surface area contributed by atoms with Crippen LogP contribution in [0.1, 0.15) is 33.2 Å². The van der Waals surface area contributed by atoms with E-state index in [0.29, 0.717) is 28.9 Å². The molecule has 0 fully saturated rings. The number of carbonyl (C=O) groups is 3. The summed E-state index contributed by atoms with van der Waals surface area (Å²) in [6.45, 7) is 1.68. The van der Waals surface area contributed by atoms with Crippen LogP contribution in [0.2, 0.25) is 0 Å². The Labute approximate surface area is 216 Å². The lowest BCUT2D eigenvalue weighted by Gasteiger charge is -2.30. The highest BCUT2D eigenvalue weighted by Crippen LogP contribution is 2.33. The van der Waals surface area contributed by atoms with Crippen LogP contribution < -0.4 is 15.5 Å². The summed E-state index contributed by atoms with van der Waals surface area (Å²) in [5.74, 6) is -3.33. The van der Waals surface area contributed by atoms with Gasteiger partial charge in [0.05, 0.1) is 11.1 Å². The summed E-state index contributed by atoms with van der Waals surface area (Å²) < 4.78 is 59.9. The number of para-hydroxylation sites is 1. The van der Waals surface area contributed by atoms with E-state index in [1.54, 1.807) is 61.5 Å². The topological polar surface area (TPSA) is 87.7 Å². The number of likely N-dealkylation sites (N-methyl/N-ethyl adjacent to an activating group) is 1. The molecule has 3 aromatic rings. The van der Waals surface area contributed by atoms with Gasteiger partial charge in [-0.25, -0.2) is 9.18 Å². The summed E-state index contributed by atoms with van der Waals surface area (Å²) in [5, 5.41) is 4.60. The Hall–Kier alpha value is -4.41. The third-order valence-corrected chi connectivity index (χ3v) is 5.79. The smallest absolute Gasteiger partial charge is 0.417 e. The molecule has 0 saturated carbocycles. The summed E-state index contributed by atoms with van der Waals surface area (Å²) in [6, 6.07) is 14.9. The molecule has 0 aromatic heterocycles. The molecule has 38 heavy (non-hydrogen) atoms. The summed E-state index contributed by atoms with van der Waals surface area (Å²) in [7, 11) is 2.70. The number of hydrogen-bond donors (Lipinski definition) is 2. The molecule has 0 aliphatic rings. The molecule has 7 nitrogen and oxygen atoms in total. The standard InChI is InChI=1S/C27H25F4N3O4/c1-16-9-7-8-12-19(16)23(38-26(37)34(3)18-10-5-4-6-11-18)22(25(36)32-2)33-24(35)20-14-13-17(28)15-21(20)27(29,30)31/h4-15,22-23H,1-3H3,(H,32,36)(H,33,35)/t22-,23-/m1/s1. The Bertz CT molecular complexity index is 1320. The lowest BCUT2D eigenvalue weighted by atomic mass is 9.96. The van der Waals surface area contributed by atoms with Crippen LogP contribution in [0.3, 0.4) is 0 Å². The maximum atomic E-state index is 13.6. The summed E-state index contributed by atoms with van der Waals surface area (Å²) in [5.41, 5.74) is -1.01. The van der Waals surface area contributed by atoms with Crippen LogP contribution in [0.25, 0.3) is 0 Å². The fourth-order valence-electron chi connectivity index (χ4n) is 3.76. The van der Waals surface area contributed by atoms with E-state index in [2.05, 4.69) is 10.6 Å². The maximum Gasteiger partial charge on any atom is 0.417 e. The first kappa shape index (κ1) is 28.2. The molecule has 2 atom stereocenters. The van der Waals surface area contributed by atoms with Gasteiger partial charge in [0.2, 0.25) is 5.91 Å². The number of rotatable bonds is 7. The van der Waals surface area contributed by atoms with Crippen molar-refractivity contribution >= 4 is 23.6 Å². The minimum atomic E-state index is -5.04. The molecule has 0 heterocycles. The number of nitrogens with one attached hydrogen (secondary N) is 2. The molecular formula is C27H25F4N3O4. The lowest BCUT2D eigenvalue weighted by molar-refractivity contribution is -0.138. The van der Waals surface area contributed by atoms with Gasteiger partial charge in [-0.05, 0) is 48.4 Å². The first-order valence-electron chi connectivity index (χ1n) is 11.4. The van der Waals surface area contributed by atoms with Crippen LogP contribution in [0.15, 0.2) is 72.8 Å². The molecule has 2 N–H and O–H groups in total. The molecule has 3 rings (SSSR count). The Morgan fingerprint density at radius 1 is 0.947 bits per heavy atom. The van der Waals surface area contributed by atoms with E-state index in [4.69, 9.17) is 4.74 Å². The zero-order valence-electron chi connectivity index (χ0n) is 20.7. The first-order valence-corrected chi connectivity index (χ1v) is 11.4. The van der Waals surface area contributed by atoms with Crippen LogP contribution in [-0.4, -0.2) is 38.0 Å². The molecule has 0 unspecified atom stereocenters. The minimum absolute atomic E-state index is 0.192. The average molecular weight is 532 g/mol. The number of aryl methyl sites for hydroxylation is 1. The van der Waals surface area contributed by atoms with Crippen molar-refractivity contribution in [1.29, 1.82) is 0 Å². The molecule has 0 spiro atoms. The van der Waals surface area contributed by atoms with Gasteiger partial charge in [-0.1, -0.05) is 42.5 Å². The average Bonchev–Trinajstić information content (AvgIpc) is 2.89. The van der Waals surface area contributed by atoms with E-state index in [9.17, 15) is 31.9 Å². The first-order chi connectivity index (χ1) is 17.9. The largest absolute Gasteiger partial charge is 0.438 e. The van der Waals surface area contributed by atoms with Gasteiger partial charge in [-0.2, -0.15) is 13.2 Å². The van der Waals surface area contributed by atoms with Crippen molar-refractivity contribution in [2.75, 3.05) is 19.0 Å². The highest BCUT2D eigenvalue weighted by Gasteiger charge is 2.39. The van der Waals surface area contributed by atoms with Gasteiger partial charge in [0.15, 0.2) is 6.10 Å². The lowest BCUT2D eigenvalue weighted by Crippen LogP contribution is -2.51. The van der Waals surface area contributed by atoms with Crippen molar-refractivity contribution in [3.8, 4) is 0 Å².